The average molecular weight is 393 g/mol. The van der Waals surface area contributed by atoms with Crippen LogP contribution in [0.15, 0.2) is 29.3 Å². The fraction of sp³-hybridized carbons (Fsp3) is 0.667. The van der Waals surface area contributed by atoms with Gasteiger partial charge in [0.25, 0.3) is 0 Å². The molecule has 2 fully saturated rings. The number of ether oxygens (including phenoxy) is 1. The highest BCUT2D eigenvalue weighted by atomic mass is 35.5. The Hall–Kier alpha value is -1.30. The Morgan fingerprint density at radius 1 is 1.26 bits per heavy atom. The van der Waals surface area contributed by atoms with Gasteiger partial charge in [0.05, 0.1) is 19.8 Å². The molecule has 2 aliphatic heterocycles. The minimum Gasteiger partial charge on any atom is -0.379 e. The number of aliphatic imine (C=N–C) groups is 1. The number of halogens is 1. The molecule has 27 heavy (non-hydrogen) atoms. The van der Waals surface area contributed by atoms with Crippen LogP contribution in [0.25, 0.3) is 0 Å². The molecule has 0 aliphatic carbocycles. The van der Waals surface area contributed by atoms with E-state index < -0.39 is 0 Å². The quantitative estimate of drug-likeness (QED) is 0.617. The molecule has 2 heterocycles. The van der Waals surface area contributed by atoms with Crippen molar-refractivity contribution >= 4 is 17.6 Å². The zero-order chi connectivity index (χ0) is 19.3. The van der Waals surface area contributed by atoms with E-state index in [1.165, 1.54) is 6.42 Å². The van der Waals surface area contributed by atoms with E-state index in [4.69, 9.17) is 21.3 Å². The van der Waals surface area contributed by atoms with Crippen LogP contribution in [0.2, 0.25) is 5.02 Å². The van der Waals surface area contributed by atoms with Gasteiger partial charge in [-0.25, -0.2) is 0 Å². The van der Waals surface area contributed by atoms with Crippen LogP contribution < -0.4 is 5.32 Å². The molecule has 1 atom stereocenters. The largest absolute Gasteiger partial charge is 0.379 e. The van der Waals surface area contributed by atoms with Gasteiger partial charge >= 0.3 is 0 Å². The SMILES string of the molecule is CCNC(=NCC(C)(C)c1ccccc1Cl)N1CCC(N2CCOCC2)C1. The van der Waals surface area contributed by atoms with E-state index in [2.05, 4.69) is 42.0 Å². The molecule has 1 aromatic carbocycles. The van der Waals surface area contributed by atoms with Gasteiger partial charge in [-0.15, -0.1) is 0 Å². The van der Waals surface area contributed by atoms with Gasteiger partial charge in [0, 0.05) is 49.2 Å². The second kappa shape index (κ2) is 9.26. The third kappa shape index (κ3) is 5.15. The molecule has 5 nitrogen and oxygen atoms in total. The molecule has 0 spiro atoms. The number of likely N-dealkylation sites (tertiary alicyclic amines) is 1. The van der Waals surface area contributed by atoms with Crippen molar-refractivity contribution in [2.24, 2.45) is 4.99 Å². The van der Waals surface area contributed by atoms with E-state index in [1.54, 1.807) is 0 Å². The van der Waals surface area contributed by atoms with Crippen LogP contribution in [-0.4, -0.2) is 74.3 Å². The second-order valence-corrected chi connectivity index (χ2v) is 8.48. The molecule has 6 heteroatoms. The lowest BCUT2D eigenvalue weighted by Crippen LogP contribution is -2.47. The highest BCUT2D eigenvalue weighted by Crippen LogP contribution is 2.30. The topological polar surface area (TPSA) is 40.1 Å². The van der Waals surface area contributed by atoms with Crippen LogP contribution in [-0.2, 0) is 10.2 Å². The maximum Gasteiger partial charge on any atom is 0.193 e. The number of morpholine rings is 1. The maximum atomic E-state index is 6.43. The molecule has 2 aliphatic rings. The van der Waals surface area contributed by atoms with E-state index in [9.17, 15) is 0 Å². The molecule has 0 radical (unpaired) electrons. The summed E-state index contributed by atoms with van der Waals surface area (Å²) < 4.78 is 5.50. The standard InChI is InChI=1S/C21H33ClN4O/c1-4-23-20(24-16-21(2,3)18-7-5-6-8-19(18)22)26-10-9-17(15-26)25-11-13-27-14-12-25/h5-8,17H,4,9-16H2,1-3H3,(H,23,24). The van der Waals surface area contributed by atoms with Crippen LogP contribution >= 0.6 is 11.6 Å². The number of hydrogen-bond acceptors (Lipinski definition) is 3. The van der Waals surface area contributed by atoms with E-state index in [0.29, 0.717) is 12.6 Å². The molecule has 0 amide bonds. The average Bonchev–Trinajstić information content (AvgIpc) is 3.16. The van der Waals surface area contributed by atoms with Crippen molar-refractivity contribution < 1.29 is 4.74 Å². The molecule has 1 N–H and O–H groups in total. The van der Waals surface area contributed by atoms with Gasteiger partial charge in [0.2, 0.25) is 0 Å². The Morgan fingerprint density at radius 2 is 2.00 bits per heavy atom. The van der Waals surface area contributed by atoms with Gasteiger partial charge in [-0.3, -0.25) is 9.89 Å². The minimum absolute atomic E-state index is 0.109. The Labute approximate surface area is 168 Å². The van der Waals surface area contributed by atoms with Crippen molar-refractivity contribution in [3.8, 4) is 0 Å². The van der Waals surface area contributed by atoms with Gasteiger partial charge in [-0.05, 0) is 25.0 Å². The minimum atomic E-state index is -0.109. The smallest absolute Gasteiger partial charge is 0.193 e. The summed E-state index contributed by atoms with van der Waals surface area (Å²) in [4.78, 5) is 9.97. The summed E-state index contributed by atoms with van der Waals surface area (Å²) in [7, 11) is 0. The van der Waals surface area contributed by atoms with Crippen LogP contribution in [0.1, 0.15) is 32.8 Å². The van der Waals surface area contributed by atoms with E-state index in [-0.39, 0.29) is 5.41 Å². The predicted octanol–water partition coefficient (Wildman–Crippen LogP) is 2.99. The number of nitrogens with one attached hydrogen (secondary N) is 1. The highest BCUT2D eigenvalue weighted by molar-refractivity contribution is 6.31. The molecule has 1 unspecified atom stereocenters. The summed E-state index contributed by atoms with van der Waals surface area (Å²) >= 11 is 6.43. The molecule has 0 aromatic heterocycles. The van der Waals surface area contributed by atoms with Crippen LogP contribution in [0.3, 0.4) is 0 Å². The zero-order valence-corrected chi connectivity index (χ0v) is 17.6. The third-order valence-corrected chi connectivity index (χ3v) is 5.92. The van der Waals surface area contributed by atoms with E-state index in [1.807, 2.05) is 18.2 Å². The van der Waals surface area contributed by atoms with Crippen molar-refractivity contribution in [2.75, 3.05) is 52.5 Å². The van der Waals surface area contributed by atoms with Crippen molar-refractivity contribution in [1.29, 1.82) is 0 Å². The van der Waals surface area contributed by atoms with Crippen LogP contribution in [0, 0.1) is 0 Å². The predicted molar refractivity (Wildman–Crippen MR) is 113 cm³/mol. The summed E-state index contributed by atoms with van der Waals surface area (Å²) in [5, 5.41) is 4.30. The molecule has 0 saturated carbocycles. The van der Waals surface area contributed by atoms with Crippen LogP contribution in [0.4, 0.5) is 0 Å². The van der Waals surface area contributed by atoms with Gasteiger partial charge in [0.1, 0.15) is 0 Å². The van der Waals surface area contributed by atoms with Crippen molar-refractivity contribution in [3.05, 3.63) is 34.9 Å². The molecule has 0 bridgehead atoms. The first-order chi connectivity index (χ1) is 13.0. The number of rotatable bonds is 5. The van der Waals surface area contributed by atoms with Gasteiger partial charge < -0.3 is 15.0 Å². The Bertz CT molecular complexity index is 643. The first-order valence-electron chi connectivity index (χ1n) is 10.1. The number of benzene rings is 1. The van der Waals surface area contributed by atoms with Gasteiger partial charge in [-0.1, -0.05) is 43.6 Å². The first kappa shape index (κ1) is 20.4. The Morgan fingerprint density at radius 3 is 2.70 bits per heavy atom. The van der Waals surface area contributed by atoms with E-state index in [0.717, 1.165) is 62.5 Å². The molecule has 2 saturated heterocycles. The Kier molecular flexibility index (Phi) is 7.01. The Balaban J connectivity index is 1.67. The zero-order valence-electron chi connectivity index (χ0n) is 16.9. The number of guanidine groups is 1. The fourth-order valence-electron chi connectivity index (χ4n) is 3.97. The summed E-state index contributed by atoms with van der Waals surface area (Å²) in [5.74, 6) is 1.02. The summed E-state index contributed by atoms with van der Waals surface area (Å²) in [6, 6.07) is 8.70. The van der Waals surface area contributed by atoms with Gasteiger partial charge in [-0.2, -0.15) is 0 Å². The maximum absolute atomic E-state index is 6.43. The summed E-state index contributed by atoms with van der Waals surface area (Å²) in [6.45, 7) is 14.0. The lowest BCUT2D eigenvalue weighted by atomic mass is 9.85. The lowest BCUT2D eigenvalue weighted by Gasteiger charge is -2.32. The van der Waals surface area contributed by atoms with Crippen molar-refractivity contribution in [1.82, 2.24) is 15.1 Å². The normalized spacial score (nSPS) is 22.3. The number of hydrogen-bond donors (Lipinski definition) is 1. The summed E-state index contributed by atoms with van der Waals surface area (Å²) in [6.07, 6.45) is 1.19. The van der Waals surface area contributed by atoms with Crippen molar-refractivity contribution in [2.45, 2.75) is 38.6 Å². The molecular formula is C21H33ClN4O. The monoisotopic (exact) mass is 392 g/mol. The fourth-order valence-corrected chi connectivity index (χ4v) is 4.36. The summed E-state index contributed by atoms with van der Waals surface area (Å²) in [5.41, 5.74) is 1.04. The van der Waals surface area contributed by atoms with Crippen molar-refractivity contribution in [3.63, 3.8) is 0 Å². The second-order valence-electron chi connectivity index (χ2n) is 8.07. The molecule has 1 aromatic rings. The highest BCUT2D eigenvalue weighted by Gasteiger charge is 2.31. The molecular weight excluding hydrogens is 360 g/mol. The van der Waals surface area contributed by atoms with Crippen LogP contribution in [0.5, 0.6) is 0 Å². The van der Waals surface area contributed by atoms with Gasteiger partial charge in [0.15, 0.2) is 5.96 Å². The lowest BCUT2D eigenvalue weighted by molar-refractivity contribution is 0.0195. The number of nitrogens with zero attached hydrogens (tertiary/aromatic N) is 3. The molecule has 3 rings (SSSR count). The van der Waals surface area contributed by atoms with E-state index >= 15 is 0 Å². The first-order valence-corrected chi connectivity index (χ1v) is 10.5. The third-order valence-electron chi connectivity index (χ3n) is 5.59. The molecule has 150 valence electrons.